The number of benzene rings is 1. The summed E-state index contributed by atoms with van der Waals surface area (Å²) < 4.78 is 13.2. The van der Waals surface area contributed by atoms with Gasteiger partial charge in [0, 0.05) is 23.9 Å². The first-order valence-corrected chi connectivity index (χ1v) is 5.31. The van der Waals surface area contributed by atoms with E-state index in [1.54, 1.807) is 0 Å². The molecule has 0 bridgehead atoms. The van der Waals surface area contributed by atoms with Crippen LogP contribution in [-0.2, 0) is 4.79 Å². The quantitative estimate of drug-likeness (QED) is 0.755. The van der Waals surface area contributed by atoms with Crippen LogP contribution in [0, 0.1) is 17.1 Å². The minimum Gasteiger partial charge on any atom is -0.311 e. The standard InChI is InChI=1S/C11H9FN2OS/c12-8-1-7(5-13)2-9(3-8)14-6-10(16)4-11(14)15/h1-3,10,16H,4,6H2. The molecular weight excluding hydrogens is 227 g/mol. The van der Waals surface area contributed by atoms with E-state index in [9.17, 15) is 9.18 Å². The first kappa shape index (κ1) is 11.0. The van der Waals surface area contributed by atoms with Crippen molar-refractivity contribution < 1.29 is 9.18 Å². The maximum Gasteiger partial charge on any atom is 0.228 e. The molecule has 0 radical (unpaired) electrons. The van der Waals surface area contributed by atoms with Gasteiger partial charge in [-0.05, 0) is 18.2 Å². The van der Waals surface area contributed by atoms with Gasteiger partial charge in [0.25, 0.3) is 0 Å². The number of carbonyl (C=O) groups is 1. The maximum absolute atomic E-state index is 13.2. The summed E-state index contributed by atoms with van der Waals surface area (Å²) in [6.07, 6.45) is 0.349. The normalized spacial score (nSPS) is 19.9. The molecular formula is C11H9FN2OS. The molecule has 1 amide bonds. The number of thiol groups is 1. The first-order chi connectivity index (χ1) is 7.60. The topological polar surface area (TPSA) is 44.1 Å². The lowest BCUT2D eigenvalue weighted by Crippen LogP contribution is -2.24. The fourth-order valence-corrected chi connectivity index (χ4v) is 2.05. The molecule has 2 rings (SSSR count). The highest BCUT2D eigenvalue weighted by atomic mass is 32.1. The number of nitriles is 1. The van der Waals surface area contributed by atoms with Crippen molar-refractivity contribution in [3.05, 3.63) is 29.6 Å². The summed E-state index contributed by atoms with van der Waals surface area (Å²) in [6.45, 7) is 0.455. The Labute approximate surface area is 97.9 Å². The Morgan fingerprint density at radius 3 is 2.81 bits per heavy atom. The highest BCUT2D eigenvalue weighted by Gasteiger charge is 2.28. The van der Waals surface area contributed by atoms with Gasteiger partial charge in [-0.3, -0.25) is 4.79 Å². The summed E-state index contributed by atoms with van der Waals surface area (Å²) >= 11 is 4.21. The lowest BCUT2D eigenvalue weighted by atomic mass is 10.2. The Morgan fingerprint density at radius 1 is 1.50 bits per heavy atom. The van der Waals surface area contributed by atoms with E-state index in [-0.39, 0.29) is 16.7 Å². The van der Waals surface area contributed by atoms with E-state index in [2.05, 4.69) is 12.6 Å². The summed E-state index contributed by atoms with van der Waals surface area (Å²) in [5.74, 6) is -0.598. The molecule has 0 saturated carbocycles. The van der Waals surface area contributed by atoms with Gasteiger partial charge < -0.3 is 4.90 Å². The molecule has 3 nitrogen and oxygen atoms in total. The zero-order chi connectivity index (χ0) is 11.7. The molecule has 1 unspecified atom stereocenters. The third-order valence-electron chi connectivity index (χ3n) is 2.43. The number of rotatable bonds is 1. The van der Waals surface area contributed by atoms with E-state index < -0.39 is 5.82 Å². The number of nitrogens with zero attached hydrogens (tertiary/aromatic N) is 2. The molecule has 1 fully saturated rings. The van der Waals surface area contributed by atoms with Gasteiger partial charge in [-0.15, -0.1) is 0 Å². The van der Waals surface area contributed by atoms with Crippen LogP contribution in [0.3, 0.4) is 0 Å². The van der Waals surface area contributed by atoms with Crippen LogP contribution in [0.2, 0.25) is 0 Å². The van der Waals surface area contributed by atoms with Crippen LogP contribution in [0.25, 0.3) is 0 Å². The predicted octanol–water partition coefficient (Wildman–Crippen LogP) is 1.73. The second-order valence-electron chi connectivity index (χ2n) is 3.67. The molecule has 16 heavy (non-hydrogen) atoms. The highest BCUT2D eigenvalue weighted by Crippen LogP contribution is 2.25. The molecule has 82 valence electrons. The van der Waals surface area contributed by atoms with Crippen molar-refractivity contribution >= 4 is 24.2 Å². The smallest absolute Gasteiger partial charge is 0.228 e. The molecule has 1 heterocycles. The van der Waals surface area contributed by atoms with Gasteiger partial charge in [0.1, 0.15) is 5.82 Å². The van der Waals surface area contributed by atoms with Crippen LogP contribution in [0.15, 0.2) is 18.2 Å². The van der Waals surface area contributed by atoms with Crippen molar-refractivity contribution in [1.29, 1.82) is 5.26 Å². The van der Waals surface area contributed by atoms with Gasteiger partial charge in [0.05, 0.1) is 11.6 Å². The molecule has 1 aliphatic rings. The fourth-order valence-electron chi connectivity index (χ4n) is 1.73. The molecule has 0 N–H and O–H groups in total. The Balaban J connectivity index is 2.37. The van der Waals surface area contributed by atoms with E-state index in [1.165, 1.54) is 17.0 Å². The van der Waals surface area contributed by atoms with Crippen LogP contribution < -0.4 is 4.90 Å². The number of carbonyl (C=O) groups excluding carboxylic acids is 1. The molecule has 1 aromatic carbocycles. The maximum atomic E-state index is 13.2. The number of amides is 1. The molecule has 0 spiro atoms. The summed E-state index contributed by atoms with van der Waals surface area (Å²) in [5.41, 5.74) is 0.642. The monoisotopic (exact) mass is 236 g/mol. The summed E-state index contributed by atoms with van der Waals surface area (Å²) in [4.78, 5) is 13.0. The summed E-state index contributed by atoms with van der Waals surface area (Å²) in [7, 11) is 0. The number of halogens is 1. The van der Waals surface area contributed by atoms with Gasteiger partial charge in [-0.2, -0.15) is 17.9 Å². The molecule has 1 atom stereocenters. The van der Waals surface area contributed by atoms with E-state index in [1.807, 2.05) is 6.07 Å². The van der Waals surface area contributed by atoms with Gasteiger partial charge in [0.15, 0.2) is 0 Å². The van der Waals surface area contributed by atoms with Crippen LogP contribution >= 0.6 is 12.6 Å². The first-order valence-electron chi connectivity index (χ1n) is 4.79. The van der Waals surface area contributed by atoms with E-state index in [4.69, 9.17) is 5.26 Å². The lowest BCUT2D eigenvalue weighted by molar-refractivity contribution is -0.117. The van der Waals surface area contributed by atoms with Crippen molar-refractivity contribution in [3.63, 3.8) is 0 Å². The summed E-state index contributed by atoms with van der Waals surface area (Å²) in [5, 5.41) is 8.69. The second kappa shape index (κ2) is 4.14. The molecule has 1 aliphatic heterocycles. The van der Waals surface area contributed by atoms with Crippen LogP contribution in [0.4, 0.5) is 10.1 Å². The second-order valence-corrected chi connectivity index (χ2v) is 4.40. The lowest BCUT2D eigenvalue weighted by Gasteiger charge is -2.16. The van der Waals surface area contributed by atoms with E-state index >= 15 is 0 Å². The largest absolute Gasteiger partial charge is 0.311 e. The predicted molar refractivity (Wildman–Crippen MR) is 60.9 cm³/mol. The highest BCUT2D eigenvalue weighted by molar-refractivity contribution is 7.81. The third kappa shape index (κ3) is 2.02. The van der Waals surface area contributed by atoms with Gasteiger partial charge in [-0.25, -0.2) is 4.39 Å². The van der Waals surface area contributed by atoms with Gasteiger partial charge in [-0.1, -0.05) is 0 Å². The van der Waals surface area contributed by atoms with E-state index in [0.29, 0.717) is 18.7 Å². The molecule has 0 aromatic heterocycles. The van der Waals surface area contributed by atoms with Crippen molar-refractivity contribution in [1.82, 2.24) is 0 Å². The average molecular weight is 236 g/mol. The zero-order valence-electron chi connectivity index (χ0n) is 8.35. The van der Waals surface area contributed by atoms with Gasteiger partial charge in [0.2, 0.25) is 5.91 Å². The van der Waals surface area contributed by atoms with Crippen LogP contribution in [-0.4, -0.2) is 17.7 Å². The van der Waals surface area contributed by atoms with Crippen LogP contribution in [0.1, 0.15) is 12.0 Å². The summed E-state index contributed by atoms with van der Waals surface area (Å²) in [6, 6.07) is 5.76. The van der Waals surface area contributed by atoms with Crippen molar-refractivity contribution in [2.75, 3.05) is 11.4 Å². The van der Waals surface area contributed by atoms with Crippen molar-refractivity contribution in [2.45, 2.75) is 11.7 Å². The minimum absolute atomic E-state index is 0.0266. The molecule has 1 saturated heterocycles. The van der Waals surface area contributed by atoms with Crippen molar-refractivity contribution in [2.24, 2.45) is 0 Å². The SMILES string of the molecule is N#Cc1cc(F)cc(N2CC(S)CC2=O)c1. The van der Waals surface area contributed by atoms with Gasteiger partial charge >= 0.3 is 0 Å². The Morgan fingerprint density at radius 2 is 2.25 bits per heavy atom. The fraction of sp³-hybridized carbons (Fsp3) is 0.273. The Kier molecular flexibility index (Phi) is 2.84. The number of hydrogen-bond donors (Lipinski definition) is 1. The number of hydrogen-bond acceptors (Lipinski definition) is 3. The minimum atomic E-state index is -0.510. The van der Waals surface area contributed by atoms with Crippen LogP contribution in [0.5, 0.6) is 0 Å². The number of anilines is 1. The third-order valence-corrected chi connectivity index (χ3v) is 2.77. The Hall–Kier alpha value is -1.54. The Bertz CT molecular complexity index is 483. The molecule has 1 aromatic rings. The molecule has 0 aliphatic carbocycles. The van der Waals surface area contributed by atoms with Crippen molar-refractivity contribution in [3.8, 4) is 6.07 Å². The van der Waals surface area contributed by atoms with E-state index in [0.717, 1.165) is 6.07 Å². The average Bonchev–Trinajstić information content (AvgIpc) is 2.57. The molecule has 5 heteroatoms. The zero-order valence-corrected chi connectivity index (χ0v) is 9.25.